The van der Waals surface area contributed by atoms with Gasteiger partial charge < -0.3 is 19.3 Å². The van der Waals surface area contributed by atoms with Crippen molar-refractivity contribution in [2.45, 2.75) is 52.1 Å². The first-order valence-corrected chi connectivity index (χ1v) is 15.3. The number of aliphatic carboxylic acids is 1. The second-order valence-corrected chi connectivity index (χ2v) is 12.9. The Labute approximate surface area is 229 Å². The van der Waals surface area contributed by atoms with Crippen molar-refractivity contribution in [3.05, 3.63) is 75.8 Å². The standard InChI is InChI=1S/C31H34O7S/c1-19-5-6-21(31-20(2)13-28(26-9-10-27(26)31)36-11-4-12-39(3,34)35)14-22(19)17-37-24-7-8-25-23(15-30(32)33)18-38-29(25)16-24/h5-8,13-14,16,23H,4,9-12,15,17-18H2,1-3H3,(H,32,33)/t23-/m1/s1. The quantitative estimate of drug-likeness (QED) is 0.319. The third-order valence-electron chi connectivity index (χ3n) is 7.57. The summed E-state index contributed by atoms with van der Waals surface area (Å²) in [6.07, 6.45) is 3.73. The van der Waals surface area contributed by atoms with Gasteiger partial charge in [-0.25, -0.2) is 8.42 Å². The SMILES string of the molecule is Cc1ccc(-c2c(C)cc(OCCCS(C)(=O)=O)c3c2CC3)cc1COc1ccc2c(c1)OC[C@H]2CC(=O)O. The zero-order chi connectivity index (χ0) is 27.7. The van der Waals surface area contributed by atoms with Gasteiger partial charge in [-0.2, -0.15) is 0 Å². The molecule has 206 valence electrons. The molecule has 39 heavy (non-hydrogen) atoms. The third-order valence-corrected chi connectivity index (χ3v) is 8.60. The Balaban J connectivity index is 1.30. The first-order valence-electron chi connectivity index (χ1n) is 13.3. The molecule has 2 aliphatic rings. The van der Waals surface area contributed by atoms with E-state index < -0.39 is 15.8 Å². The maximum absolute atomic E-state index is 11.4. The molecule has 3 aromatic rings. The van der Waals surface area contributed by atoms with E-state index in [-0.39, 0.29) is 18.1 Å². The molecule has 7 nitrogen and oxygen atoms in total. The second-order valence-electron chi connectivity index (χ2n) is 10.6. The second kappa shape index (κ2) is 10.9. The molecule has 0 saturated heterocycles. The zero-order valence-corrected chi connectivity index (χ0v) is 23.4. The van der Waals surface area contributed by atoms with Gasteiger partial charge in [0.15, 0.2) is 0 Å². The van der Waals surface area contributed by atoms with E-state index in [1.54, 1.807) is 0 Å². The van der Waals surface area contributed by atoms with Crippen molar-refractivity contribution in [3.8, 4) is 28.4 Å². The summed E-state index contributed by atoms with van der Waals surface area (Å²) in [4.78, 5) is 11.1. The van der Waals surface area contributed by atoms with Crippen LogP contribution in [0.4, 0.5) is 0 Å². The van der Waals surface area contributed by atoms with Gasteiger partial charge in [-0.05, 0) is 90.3 Å². The minimum atomic E-state index is -2.99. The normalized spacial score (nSPS) is 15.6. The topological polar surface area (TPSA) is 99.1 Å². The number of carboxylic acid groups (broad SMARTS) is 1. The average molecular weight is 551 g/mol. The Morgan fingerprint density at radius 1 is 1.03 bits per heavy atom. The molecule has 0 amide bonds. The number of rotatable bonds is 11. The molecule has 1 atom stereocenters. The van der Waals surface area contributed by atoms with Crippen molar-refractivity contribution in [1.82, 2.24) is 0 Å². The van der Waals surface area contributed by atoms with Crippen LogP contribution in [0.1, 0.15) is 52.1 Å². The lowest BCUT2D eigenvalue weighted by Crippen LogP contribution is -2.15. The predicted molar refractivity (Wildman–Crippen MR) is 150 cm³/mol. The zero-order valence-electron chi connectivity index (χ0n) is 22.6. The van der Waals surface area contributed by atoms with Crippen molar-refractivity contribution < 1.29 is 32.5 Å². The van der Waals surface area contributed by atoms with Crippen LogP contribution in [0.3, 0.4) is 0 Å². The molecule has 0 spiro atoms. The van der Waals surface area contributed by atoms with Gasteiger partial charge in [0.1, 0.15) is 33.7 Å². The highest BCUT2D eigenvalue weighted by atomic mass is 32.2. The molecule has 5 rings (SSSR count). The van der Waals surface area contributed by atoms with Gasteiger partial charge in [0, 0.05) is 23.8 Å². The highest BCUT2D eigenvalue weighted by Gasteiger charge is 2.27. The Bertz CT molecular complexity index is 1520. The number of fused-ring (bicyclic) bond motifs is 2. The van der Waals surface area contributed by atoms with Crippen LogP contribution in [0.25, 0.3) is 11.1 Å². The van der Waals surface area contributed by atoms with Crippen LogP contribution >= 0.6 is 0 Å². The van der Waals surface area contributed by atoms with E-state index in [2.05, 4.69) is 38.1 Å². The van der Waals surface area contributed by atoms with Gasteiger partial charge in [0.05, 0.1) is 25.4 Å². The van der Waals surface area contributed by atoms with Crippen molar-refractivity contribution in [2.75, 3.05) is 25.2 Å². The highest BCUT2D eigenvalue weighted by Crippen LogP contribution is 2.43. The van der Waals surface area contributed by atoms with Gasteiger partial charge in [-0.15, -0.1) is 0 Å². The minimum Gasteiger partial charge on any atom is -0.493 e. The molecular formula is C31H34O7S. The Morgan fingerprint density at radius 2 is 1.82 bits per heavy atom. The van der Waals surface area contributed by atoms with Crippen LogP contribution in [0.5, 0.6) is 17.2 Å². The summed E-state index contributed by atoms with van der Waals surface area (Å²) in [7, 11) is -2.99. The summed E-state index contributed by atoms with van der Waals surface area (Å²) in [6, 6.07) is 14.2. The van der Waals surface area contributed by atoms with E-state index >= 15 is 0 Å². The lowest BCUT2D eigenvalue weighted by Gasteiger charge is -2.28. The summed E-state index contributed by atoms with van der Waals surface area (Å²) in [5, 5.41) is 9.12. The average Bonchev–Trinajstić information content (AvgIpc) is 3.23. The van der Waals surface area contributed by atoms with E-state index in [9.17, 15) is 13.2 Å². The molecule has 0 bridgehead atoms. The molecule has 0 radical (unpaired) electrons. The molecule has 3 aromatic carbocycles. The van der Waals surface area contributed by atoms with Gasteiger partial charge in [-0.1, -0.05) is 18.2 Å². The molecule has 0 aromatic heterocycles. The first kappa shape index (κ1) is 27.1. The summed E-state index contributed by atoms with van der Waals surface area (Å²) in [6.45, 7) is 5.33. The monoisotopic (exact) mass is 550 g/mol. The number of sulfone groups is 1. The van der Waals surface area contributed by atoms with Gasteiger partial charge in [-0.3, -0.25) is 4.79 Å². The van der Waals surface area contributed by atoms with Crippen LogP contribution in [0.15, 0.2) is 42.5 Å². The highest BCUT2D eigenvalue weighted by molar-refractivity contribution is 7.90. The van der Waals surface area contributed by atoms with E-state index in [1.807, 2.05) is 18.2 Å². The predicted octanol–water partition coefficient (Wildman–Crippen LogP) is 5.41. The molecule has 1 aliphatic carbocycles. The molecule has 0 saturated carbocycles. The Morgan fingerprint density at radius 3 is 2.54 bits per heavy atom. The number of aryl methyl sites for hydroxylation is 2. The summed E-state index contributed by atoms with van der Waals surface area (Å²) >= 11 is 0. The maximum atomic E-state index is 11.4. The van der Waals surface area contributed by atoms with Gasteiger partial charge in [0.2, 0.25) is 0 Å². The van der Waals surface area contributed by atoms with Crippen molar-refractivity contribution in [2.24, 2.45) is 0 Å². The van der Waals surface area contributed by atoms with E-state index in [4.69, 9.17) is 19.3 Å². The molecule has 0 unspecified atom stereocenters. The molecule has 1 heterocycles. The van der Waals surface area contributed by atoms with Crippen LogP contribution in [0.2, 0.25) is 0 Å². The van der Waals surface area contributed by atoms with Crippen molar-refractivity contribution in [3.63, 3.8) is 0 Å². The molecular weight excluding hydrogens is 516 g/mol. The van der Waals surface area contributed by atoms with Crippen LogP contribution in [-0.4, -0.2) is 44.7 Å². The summed E-state index contributed by atoms with van der Waals surface area (Å²) in [5.74, 6) is 1.42. The summed E-state index contributed by atoms with van der Waals surface area (Å²) < 4.78 is 40.7. The maximum Gasteiger partial charge on any atom is 0.304 e. The van der Waals surface area contributed by atoms with Crippen LogP contribution < -0.4 is 14.2 Å². The van der Waals surface area contributed by atoms with Gasteiger partial charge in [0.25, 0.3) is 0 Å². The Kier molecular flexibility index (Phi) is 7.58. The number of benzene rings is 3. The lowest BCUT2D eigenvalue weighted by molar-refractivity contribution is -0.137. The van der Waals surface area contributed by atoms with E-state index in [1.165, 1.54) is 22.9 Å². The lowest BCUT2D eigenvalue weighted by atomic mass is 9.79. The fraction of sp³-hybridized carbons (Fsp3) is 0.387. The largest absolute Gasteiger partial charge is 0.493 e. The fourth-order valence-electron chi connectivity index (χ4n) is 5.42. The van der Waals surface area contributed by atoms with E-state index in [0.717, 1.165) is 46.4 Å². The molecule has 1 N–H and O–H groups in total. The molecule has 8 heteroatoms. The van der Waals surface area contributed by atoms with Crippen LogP contribution in [-0.2, 0) is 34.1 Å². The summed E-state index contributed by atoms with van der Waals surface area (Å²) in [5.41, 5.74) is 9.17. The van der Waals surface area contributed by atoms with Crippen LogP contribution in [0, 0.1) is 13.8 Å². The number of ether oxygens (including phenoxy) is 3. The minimum absolute atomic E-state index is 0.0542. The smallest absolute Gasteiger partial charge is 0.304 e. The van der Waals surface area contributed by atoms with Gasteiger partial charge >= 0.3 is 5.97 Å². The first-order chi connectivity index (χ1) is 18.6. The number of carbonyl (C=O) groups is 1. The molecule has 0 fully saturated rings. The van der Waals surface area contributed by atoms with Crippen molar-refractivity contribution in [1.29, 1.82) is 0 Å². The number of hydrogen-bond acceptors (Lipinski definition) is 6. The third kappa shape index (κ3) is 6.06. The molecule has 1 aliphatic heterocycles. The number of carboxylic acids is 1. The van der Waals surface area contributed by atoms with E-state index in [0.29, 0.717) is 37.7 Å². The fourth-order valence-corrected chi connectivity index (χ4v) is 6.06. The van der Waals surface area contributed by atoms with Crippen molar-refractivity contribution >= 4 is 15.8 Å². The number of hydrogen-bond donors (Lipinski definition) is 1. The Hall–Kier alpha value is -3.52.